The maximum atomic E-state index is 13.9. The predicted octanol–water partition coefficient (Wildman–Crippen LogP) is 2.93. The topological polar surface area (TPSA) is 84.9 Å². The number of anilines is 1. The lowest BCUT2D eigenvalue weighted by atomic mass is 9.82. The van der Waals surface area contributed by atoms with Crippen LogP contribution in [0.2, 0.25) is 0 Å². The Morgan fingerprint density at radius 1 is 1.37 bits per heavy atom. The van der Waals surface area contributed by atoms with E-state index in [-0.39, 0.29) is 13.0 Å². The summed E-state index contributed by atoms with van der Waals surface area (Å²) in [6, 6.07) is 8.88. The SMILES string of the molecule is C#CC(O)(CC1(c2cc(F)ccc2OC)CC1)C(=O)Nc1ccc2c(c1)COC2=O. The normalized spacial score (nSPS) is 17.9. The van der Waals surface area contributed by atoms with Gasteiger partial charge in [-0.05, 0) is 49.2 Å². The Morgan fingerprint density at radius 2 is 2.13 bits per heavy atom. The first-order valence-corrected chi connectivity index (χ1v) is 9.46. The second-order valence-corrected chi connectivity index (χ2v) is 7.71. The molecule has 1 unspecified atom stereocenters. The molecule has 0 bridgehead atoms. The number of carbonyl (C=O) groups excluding carboxylic acids is 2. The van der Waals surface area contributed by atoms with Gasteiger partial charge in [0.25, 0.3) is 5.91 Å². The van der Waals surface area contributed by atoms with E-state index in [1.54, 1.807) is 18.2 Å². The number of fused-ring (bicyclic) bond motifs is 1. The Balaban J connectivity index is 1.57. The fraction of sp³-hybridized carbons (Fsp3) is 0.304. The first-order valence-electron chi connectivity index (χ1n) is 9.46. The van der Waals surface area contributed by atoms with Crippen LogP contribution in [-0.2, 0) is 21.6 Å². The molecule has 1 aliphatic carbocycles. The average Bonchev–Trinajstić information content (AvgIpc) is 3.43. The molecule has 6 nitrogen and oxygen atoms in total. The second-order valence-electron chi connectivity index (χ2n) is 7.71. The van der Waals surface area contributed by atoms with Crippen LogP contribution in [-0.4, -0.2) is 29.7 Å². The molecule has 1 heterocycles. The number of cyclic esters (lactones) is 1. The summed E-state index contributed by atoms with van der Waals surface area (Å²) in [7, 11) is 1.48. The van der Waals surface area contributed by atoms with Crippen LogP contribution in [0.25, 0.3) is 0 Å². The maximum Gasteiger partial charge on any atom is 0.338 e. The number of ether oxygens (including phenoxy) is 2. The lowest BCUT2D eigenvalue weighted by Crippen LogP contribution is -2.44. The number of nitrogens with one attached hydrogen (secondary N) is 1. The van der Waals surface area contributed by atoms with Gasteiger partial charge < -0.3 is 19.9 Å². The highest BCUT2D eigenvalue weighted by atomic mass is 19.1. The van der Waals surface area contributed by atoms with Crippen molar-refractivity contribution in [3.8, 4) is 18.1 Å². The summed E-state index contributed by atoms with van der Waals surface area (Å²) >= 11 is 0. The van der Waals surface area contributed by atoms with Crippen molar-refractivity contribution < 1.29 is 28.6 Å². The summed E-state index contributed by atoms with van der Waals surface area (Å²) in [5, 5.41) is 13.6. The number of esters is 1. The maximum absolute atomic E-state index is 13.9. The number of aliphatic hydroxyl groups is 1. The molecule has 4 rings (SSSR count). The van der Waals surface area contributed by atoms with E-state index in [4.69, 9.17) is 15.9 Å². The van der Waals surface area contributed by atoms with Gasteiger partial charge in [0, 0.05) is 28.7 Å². The lowest BCUT2D eigenvalue weighted by Gasteiger charge is -2.28. The minimum absolute atomic E-state index is 0.0747. The molecular weight excluding hydrogens is 389 g/mol. The van der Waals surface area contributed by atoms with E-state index in [0.717, 1.165) is 0 Å². The molecule has 2 aliphatic rings. The van der Waals surface area contributed by atoms with Crippen molar-refractivity contribution in [2.24, 2.45) is 0 Å². The molecule has 30 heavy (non-hydrogen) atoms. The van der Waals surface area contributed by atoms with E-state index in [1.807, 2.05) is 0 Å². The average molecular weight is 409 g/mol. The number of methoxy groups -OCH3 is 1. The fourth-order valence-corrected chi connectivity index (χ4v) is 3.92. The largest absolute Gasteiger partial charge is 0.496 e. The Morgan fingerprint density at radius 3 is 2.80 bits per heavy atom. The second kappa shape index (κ2) is 7.15. The van der Waals surface area contributed by atoms with Gasteiger partial charge in [0.15, 0.2) is 0 Å². The molecule has 0 aromatic heterocycles. The van der Waals surface area contributed by atoms with E-state index in [1.165, 1.54) is 25.3 Å². The summed E-state index contributed by atoms with van der Waals surface area (Å²) in [6.45, 7) is 0.125. The minimum Gasteiger partial charge on any atom is -0.496 e. The van der Waals surface area contributed by atoms with Crippen LogP contribution in [0.1, 0.15) is 40.7 Å². The third-order valence-corrected chi connectivity index (χ3v) is 5.74. The first kappa shape index (κ1) is 19.9. The molecule has 1 saturated carbocycles. The van der Waals surface area contributed by atoms with E-state index in [9.17, 15) is 19.1 Å². The zero-order valence-corrected chi connectivity index (χ0v) is 16.3. The number of carbonyl (C=O) groups is 2. The van der Waals surface area contributed by atoms with Gasteiger partial charge in [-0.1, -0.05) is 5.92 Å². The molecule has 2 aromatic carbocycles. The molecule has 0 spiro atoms. The van der Waals surface area contributed by atoms with Crippen molar-refractivity contribution >= 4 is 17.6 Å². The predicted molar refractivity (Wildman–Crippen MR) is 106 cm³/mol. The van der Waals surface area contributed by atoms with Crippen LogP contribution in [0.15, 0.2) is 36.4 Å². The first-order chi connectivity index (χ1) is 14.3. The highest BCUT2D eigenvalue weighted by Crippen LogP contribution is 2.56. The highest BCUT2D eigenvalue weighted by molar-refractivity contribution is 6.00. The van der Waals surface area contributed by atoms with E-state index in [0.29, 0.717) is 41.0 Å². The molecule has 1 atom stereocenters. The standard InChI is InChI=1S/C23H20FNO5/c1-3-23(28,13-22(8-9-22)18-11-15(24)4-7-19(18)29-2)21(27)25-16-5-6-17-14(10-16)12-30-20(17)26/h1,4-7,10-11,28H,8-9,12-13H2,2H3,(H,25,27). The minimum atomic E-state index is -2.11. The summed E-state index contributed by atoms with van der Waals surface area (Å²) < 4.78 is 24.2. The summed E-state index contributed by atoms with van der Waals surface area (Å²) in [5.74, 6) is 1.08. The molecule has 0 radical (unpaired) electrons. The van der Waals surface area contributed by atoms with Crippen molar-refractivity contribution in [3.63, 3.8) is 0 Å². The van der Waals surface area contributed by atoms with Crippen LogP contribution >= 0.6 is 0 Å². The molecule has 154 valence electrons. The number of benzene rings is 2. The number of rotatable bonds is 6. The van der Waals surface area contributed by atoms with E-state index < -0.39 is 28.7 Å². The number of amides is 1. The summed E-state index contributed by atoms with van der Waals surface area (Å²) in [6.07, 6.45) is 6.76. The zero-order chi connectivity index (χ0) is 21.5. The van der Waals surface area contributed by atoms with Gasteiger partial charge in [-0.15, -0.1) is 6.42 Å². The Hall–Kier alpha value is -3.37. The van der Waals surface area contributed by atoms with Gasteiger partial charge in [0.05, 0.1) is 12.7 Å². The third-order valence-electron chi connectivity index (χ3n) is 5.74. The van der Waals surface area contributed by atoms with Crippen molar-refractivity contribution in [3.05, 3.63) is 58.9 Å². The molecular formula is C23H20FNO5. The van der Waals surface area contributed by atoms with Gasteiger partial charge in [0.1, 0.15) is 18.2 Å². The van der Waals surface area contributed by atoms with Gasteiger partial charge in [-0.3, -0.25) is 4.79 Å². The van der Waals surface area contributed by atoms with Gasteiger partial charge in [-0.25, -0.2) is 9.18 Å². The Labute approximate surface area is 173 Å². The smallest absolute Gasteiger partial charge is 0.338 e. The van der Waals surface area contributed by atoms with Crippen LogP contribution in [0.4, 0.5) is 10.1 Å². The highest BCUT2D eigenvalue weighted by Gasteiger charge is 2.53. The van der Waals surface area contributed by atoms with Crippen molar-refractivity contribution in [2.75, 3.05) is 12.4 Å². The Kier molecular flexibility index (Phi) is 4.75. The quantitative estimate of drug-likeness (QED) is 0.566. The molecule has 1 amide bonds. The van der Waals surface area contributed by atoms with Gasteiger partial charge >= 0.3 is 5.97 Å². The number of terminal acetylenes is 1. The van der Waals surface area contributed by atoms with E-state index in [2.05, 4.69) is 11.2 Å². The number of halogens is 1. The summed E-state index contributed by atoms with van der Waals surface area (Å²) in [4.78, 5) is 24.4. The van der Waals surface area contributed by atoms with Crippen LogP contribution < -0.4 is 10.1 Å². The zero-order valence-electron chi connectivity index (χ0n) is 16.3. The van der Waals surface area contributed by atoms with Gasteiger partial charge in [-0.2, -0.15) is 0 Å². The molecule has 1 aliphatic heterocycles. The fourth-order valence-electron chi connectivity index (χ4n) is 3.92. The molecule has 1 fully saturated rings. The monoisotopic (exact) mass is 409 g/mol. The number of hydrogen-bond acceptors (Lipinski definition) is 5. The van der Waals surface area contributed by atoms with Crippen molar-refractivity contribution in [1.82, 2.24) is 0 Å². The molecule has 0 saturated heterocycles. The van der Waals surface area contributed by atoms with Crippen molar-refractivity contribution in [2.45, 2.75) is 36.9 Å². The molecule has 2 N–H and O–H groups in total. The molecule has 7 heteroatoms. The lowest BCUT2D eigenvalue weighted by molar-refractivity contribution is -0.129. The van der Waals surface area contributed by atoms with Crippen molar-refractivity contribution in [1.29, 1.82) is 0 Å². The van der Waals surface area contributed by atoms with E-state index >= 15 is 0 Å². The third kappa shape index (κ3) is 3.40. The summed E-state index contributed by atoms with van der Waals surface area (Å²) in [5.41, 5.74) is -0.706. The molecule has 2 aromatic rings. The number of hydrogen-bond donors (Lipinski definition) is 2. The van der Waals surface area contributed by atoms with Crippen LogP contribution in [0.3, 0.4) is 0 Å². The Bertz CT molecular complexity index is 1090. The van der Waals surface area contributed by atoms with Gasteiger partial charge in [0.2, 0.25) is 5.60 Å². The van der Waals surface area contributed by atoms with Crippen LogP contribution in [0, 0.1) is 18.2 Å². The van der Waals surface area contributed by atoms with Crippen LogP contribution in [0.5, 0.6) is 5.75 Å².